The first-order valence-electron chi connectivity index (χ1n) is 9.66. The van der Waals surface area contributed by atoms with E-state index in [2.05, 4.69) is 0 Å². The van der Waals surface area contributed by atoms with E-state index < -0.39 is 12.9 Å². The maximum atomic E-state index is 13.8. The standard InChI is InChI=1S/C22H30NO4P/c1-5-25-22(4,26-6-2)28(24,27-7-3)18-23-21(19-14-10-8-11-15-19)20-16-12-9-13-17-20/h8-17H,5-7,18H2,1-4H3/t28-/m1/s1. The lowest BCUT2D eigenvalue weighted by atomic mass is 10.0. The molecule has 1 atom stereocenters. The van der Waals surface area contributed by atoms with Gasteiger partial charge in [-0.05, 0) is 27.7 Å². The molecule has 2 rings (SSSR count). The van der Waals surface area contributed by atoms with E-state index in [0.29, 0.717) is 13.2 Å². The van der Waals surface area contributed by atoms with Gasteiger partial charge < -0.3 is 14.0 Å². The lowest BCUT2D eigenvalue weighted by molar-refractivity contribution is -0.167. The molecule has 0 aromatic heterocycles. The molecule has 2 aromatic carbocycles. The van der Waals surface area contributed by atoms with Crippen molar-refractivity contribution < 1.29 is 18.6 Å². The van der Waals surface area contributed by atoms with Gasteiger partial charge in [-0.25, -0.2) is 0 Å². The van der Waals surface area contributed by atoms with E-state index in [0.717, 1.165) is 16.8 Å². The minimum absolute atomic E-state index is 0.0313. The molecule has 5 nitrogen and oxygen atoms in total. The summed E-state index contributed by atoms with van der Waals surface area (Å²) in [4.78, 5) is 4.75. The molecule has 2 aromatic rings. The summed E-state index contributed by atoms with van der Waals surface area (Å²) in [6.45, 7) is 8.19. The largest absolute Gasteiger partial charge is 0.342 e. The highest BCUT2D eigenvalue weighted by molar-refractivity contribution is 7.60. The molecule has 152 valence electrons. The highest BCUT2D eigenvalue weighted by Gasteiger charge is 2.48. The summed E-state index contributed by atoms with van der Waals surface area (Å²) in [5, 5.41) is 0. The molecule has 0 fully saturated rings. The number of ether oxygens (including phenoxy) is 2. The van der Waals surface area contributed by atoms with Crippen LogP contribution in [0.4, 0.5) is 0 Å². The van der Waals surface area contributed by atoms with Gasteiger partial charge in [0.05, 0.1) is 12.3 Å². The molecule has 0 aliphatic heterocycles. The van der Waals surface area contributed by atoms with E-state index in [1.165, 1.54) is 0 Å². The summed E-state index contributed by atoms with van der Waals surface area (Å²) in [6.07, 6.45) is -0.0313. The average Bonchev–Trinajstić information content (AvgIpc) is 2.70. The first-order valence-corrected chi connectivity index (χ1v) is 11.5. The fourth-order valence-electron chi connectivity index (χ4n) is 2.97. The van der Waals surface area contributed by atoms with Crippen molar-refractivity contribution in [2.24, 2.45) is 4.99 Å². The van der Waals surface area contributed by atoms with Crippen LogP contribution in [0.15, 0.2) is 65.7 Å². The molecule has 0 radical (unpaired) electrons. The van der Waals surface area contributed by atoms with Gasteiger partial charge in [0.1, 0.15) is 6.29 Å². The van der Waals surface area contributed by atoms with Gasteiger partial charge in [-0.2, -0.15) is 0 Å². The van der Waals surface area contributed by atoms with Crippen LogP contribution in [0, 0.1) is 0 Å². The number of benzene rings is 2. The smallest absolute Gasteiger partial charge is 0.281 e. The number of aliphatic imine (C=N–C) groups is 1. The minimum Gasteiger partial charge on any atom is -0.342 e. The van der Waals surface area contributed by atoms with Crippen molar-refractivity contribution in [3.8, 4) is 0 Å². The summed E-state index contributed by atoms with van der Waals surface area (Å²) in [5.41, 5.74) is 1.32. The maximum Gasteiger partial charge on any atom is 0.281 e. The van der Waals surface area contributed by atoms with E-state index in [1.807, 2.05) is 81.4 Å². The van der Waals surface area contributed by atoms with Crippen molar-refractivity contribution in [3.63, 3.8) is 0 Å². The van der Waals surface area contributed by atoms with Gasteiger partial charge in [0, 0.05) is 24.3 Å². The van der Waals surface area contributed by atoms with E-state index in [1.54, 1.807) is 6.92 Å². The number of nitrogens with zero attached hydrogens (tertiary/aromatic N) is 1. The van der Waals surface area contributed by atoms with Crippen LogP contribution in [0.2, 0.25) is 0 Å². The number of hydrogen-bond acceptors (Lipinski definition) is 5. The predicted molar refractivity (Wildman–Crippen MR) is 114 cm³/mol. The summed E-state index contributed by atoms with van der Waals surface area (Å²) < 4.78 is 31.0. The molecule has 0 spiro atoms. The van der Waals surface area contributed by atoms with Crippen LogP contribution < -0.4 is 0 Å². The average molecular weight is 403 g/mol. The predicted octanol–water partition coefficient (Wildman–Crippen LogP) is 5.54. The first-order chi connectivity index (χ1) is 13.5. The van der Waals surface area contributed by atoms with Crippen LogP contribution in [-0.2, 0) is 18.6 Å². The molecular weight excluding hydrogens is 373 g/mol. The van der Waals surface area contributed by atoms with E-state index in [-0.39, 0.29) is 12.9 Å². The lowest BCUT2D eigenvalue weighted by Gasteiger charge is -2.35. The van der Waals surface area contributed by atoms with Gasteiger partial charge in [0.2, 0.25) is 5.53 Å². The second-order valence-corrected chi connectivity index (χ2v) is 8.94. The Hall–Kier alpha value is -1.78. The summed E-state index contributed by atoms with van der Waals surface area (Å²) >= 11 is 0. The Morgan fingerprint density at radius 3 is 1.71 bits per heavy atom. The van der Waals surface area contributed by atoms with Crippen LogP contribution in [0.5, 0.6) is 0 Å². The molecular formula is C22H30NO4P. The molecule has 28 heavy (non-hydrogen) atoms. The molecule has 0 heterocycles. The van der Waals surface area contributed by atoms with Crippen LogP contribution >= 0.6 is 7.37 Å². The van der Waals surface area contributed by atoms with E-state index in [9.17, 15) is 4.57 Å². The Bertz CT molecular complexity index is 745. The van der Waals surface area contributed by atoms with Crippen molar-refractivity contribution in [1.82, 2.24) is 0 Å². The molecule has 0 saturated carbocycles. The number of hydrogen-bond donors (Lipinski definition) is 0. The molecule has 0 saturated heterocycles. The molecule has 0 amide bonds. The minimum atomic E-state index is -3.40. The van der Waals surface area contributed by atoms with Crippen molar-refractivity contribution in [2.45, 2.75) is 33.2 Å². The summed E-state index contributed by atoms with van der Waals surface area (Å²) in [6, 6.07) is 19.7. The Morgan fingerprint density at radius 2 is 1.32 bits per heavy atom. The zero-order valence-corrected chi connectivity index (χ0v) is 18.0. The van der Waals surface area contributed by atoms with Gasteiger partial charge in [-0.3, -0.25) is 9.56 Å². The fourth-order valence-corrected chi connectivity index (χ4v) is 4.94. The van der Waals surface area contributed by atoms with Crippen molar-refractivity contribution in [1.29, 1.82) is 0 Å². The topological polar surface area (TPSA) is 57.1 Å². The zero-order valence-electron chi connectivity index (χ0n) is 17.1. The van der Waals surface area contributed by atoms with Gasteiger partial charge in [-0.1, -0.05) is 60.7 Å². The van der Waals surface area contributed by atoms with Crippen LogP contribution in [0.25, 0.3) is 0 Å². The number of rotatable bonds is 11. The molecule has 0 bridgehead atoms. The van der Waals surface area contributed by atoms with Crippen molar-refractivity contribution in [3.05, 3.63) is 71.8 Å². The SMILES string of the molecule is CCOC(C)(OCC)[P@@](=O)(CN=C(c1ccccc1)c1ccccc1)OCC. The van der Waals surface area contributed by atoms with E-state index >= 15 is 0 Å². The molecule has 0 unspecified atom stereocenters. The second-order valence-electron chi connectivity index (χ2n) is 6.24. The van der Waals surface area contributed by atoms with Crippen LogP contribution in [-0.4, -0.2) is 37.3 Å². The molecule has 6 heteroatoms. The highest BCUT2D eigenvalue weighted by atomic mass is 31.2. The Labute approximate surface area is 168 Å². The Balaban J connectivity index is 2.48. The maximum absolute atomic E-state index is 13.8. The van der Waals surface area contributed by atoms with Gasteiger partial charge in [-0.15, -0.1) is 0 Å². The van der Waals surface area contributed by atoms with Gasteiger partial charge in [0.25, 0.3) is 7.37 Å². The zero-order chi connectivity index (χ0) is 20.5. The molecule has 0 aliphatic carbocycles. The summed E-state index contributed by atoms with van der Waals surface area (Å²) in [7, 11) is -3.40. The normalized spacial score (nSPS) is 13.7. The monoisotopic (exact) mass is 403 g/mol. The third kappa shape index (κ3) is 5.39. The van der Waals surface area contributed by atoms with Gasteiger partial charge >= 0.3 is 0 Å². The van der Waals surface area contributed by atoms with Gasteiger partial charge in [0.15, 0.2) is 0 Å². The molecule has 0 N–H and O–H groups in total. The fraction of sp³-hybridized carbons (Fsp3) is 0.409. The van der Waals surface area contributed by atoms with Crippen LogP contribution in [0.3, 0.4) is 0 Å². The highest BCUT2D eigenvalue weighted by Crippen LogP contribution is 2.60. The Kier molecular flexibility index (Phi) is 8.58. The van der Waals surface area contributed by atoms with Crippen LogP contribution in [0.1, 0.15) is 38.8 Å². The first kappa shape index (κ1) is 22.5. The Morgan fingerprint density at radius 1 is 0.857 bits per heavy atom. The van der Waals surface area contributed by atoms with E-state index in [4.69, 9.17) is 19.0 Å². The van der Waals surface area contributed by atoms with Crippen molar-refractivity contribution >= 4 is 13.1 Å². The third-order valence-electron chi connectivity index (χ3n) is 4.29. The lowest BCUT2D eigenvalue weighted by Crippen LogP contribution is -2.34. The quantitative estimate of drug-likeness (QED) is 0.281. The summed E-state index contributed by atoms with van der Waals surface area (Å²) in [5.74, 6) is 0. The third-order valence-corrected chi connectivity index (χ3v) is 6.98. The second kappa shape index (κ2) is 10.7. The molecule has 0 aliphatic rings. The van der Waals surface area contributed by atoms with Crippen molar-refractivity contribution in [2.75, 3.05) is 26.1 Å².